The van der Waals surface area contributed by atoms with Crippen LogP contribution in [0, 0.1) is 5.82 Å². The molecule has 0 amide bonds. The largest absolute Gasteiger partial charge is 0.266 e. The normalized spacial score (nSPS) is 12.2. The zero-order chi connectivity index (χ0) is 20.5. The maximum Gasteiger partial charge on any atom is 0.263 e. The van der Waals surface area contributed by atoms with E-state index in [0.717, 1.165) is 5.56 Å². The molecule has 0 unspecified atom stereocenters. The molecule has 0 atom stereocenters. The van der Waals surface area contributed by atoms with Crippen molar-refractivity contribution in [3.05, 3.63) is 76.7 Å². The maximum absolute atomic E-state index is 13.9. The first-order valence-electron chi connectivity index (χ1n) is 8.66. The Morgan fingerprint density at radius 3 is 2.39 bits per heavy atom. The predicted octanol–water partition coefficient (Wildman–Crippen LogP) is 4.82. The third kappa shape index (κ3) is 4.54. The molecule has 28 heavy (non-hydrogen) atoms. The van der Waals surface area contributed by atoms with Gasteiger partial charge in [0.2, 0.25) is 0 Å². The summed E-state index contributed by atoms with van der Waals surface area (Å²) in [6, 6.07) is 12.7. The molecule has 3 rings (SSSR count). The van der Waals surface area contributed by atoms with Crippen LogP contribution in [0.4, 0.5) is 10.2 Å². The summed E-state index contributed by atoms with van der Waals surface area (Å²) in [5, 5.41) is 4.44. The van der Waals surface area contributed by atoms with Crippen LogP contribution in [0.25, 0.3) is 0 Å². The van der Waals surface area contributed by atoms with Crippen LogP contribution >= 0.6 is 11.6 Å². The zero-order valence-electron chi connectivity index (χ0n) is 15.8. The van der Waals surface area contributed by atoms with Crippen LogP contribution in [0.2, 0.25) is 5.02 Å². The van der Waals surface area contributed by atoms with Crippen LogP contribution in [0.1, 0.15) is 31.9 Å². The van der Waals surface area contributed by atoms with Crippen LogP contribution in [-0.4, -0.2) is 18.2 Å². The molecule has 0 radical (unpaired) electrons. The standard InChI is InChI=1S/C20H21ClFN3O2S/c1-20(2,3)14-7-9-15(10-8-14)28(26,27)24-19-11-12-25(23-19)13-16-17(21)5-4-6-18(16)22/h4-12H,13H2,1-3H3,(H,23,24). The van der Waals surface area contributed by atoms with E-state index < -0.39 is 15.8 Å². The number of rotatable bonds is 5. The number of aromatic nitrogens is 2. The van der Waals surface area contributed by atoms with Crippen LogP contribution in [0.15, 0.2) is 59.6 Å². The van der Waals surface area contributed by atoms with E-state index in [2.05, 4.69) is 30.6 Å². The molecule has 0 aliphatic rings. The Kier molecular flexibility index (Phi) is 5.50. The molecule has 3 aromatic rings. The Morgan fingerprint density at radius 2 is 1.79 bits per heavy atom. The molecule has 148 valence electrons. The van der Waals surface area contributed by atoms with Gasteiger partial charge in [0.15, 0.2) is 5.82 Å². The van der Waals surface area contributed by atoms with Crippen molar-refractivity contribution in [1.29, 1.82) is 0 Å². The summed E-state index contributed by atoms with van der Waals surface area (Å²) >= 11 is 6.02. The van der Waals surface area contributed by atoms with Crippen LogP contribution in [0.5, 0.6) is 0 Å². The van der Waals surface area contributed by atoms with Crippen molar-refractivity contribution >= 4 is 27.4 Å². The van der Waals surface area contributed by atoms with Gasteiger partial charge in [-0.25, -0.2) is 12.8 Å². The highest BCUT2D eigenvalue weighted by Gasteiger charge is 2.19. The van der Waals surface area contributed by atoms with E-state index in [9.17, 15) is 12.8 Å². The monoisotopic (exact) mass is 421 g/mol. The minimum Gasteiger partial charge on any atom is -0.266 e. The van der Waals surface area contributed by atoms with Gasteiger partial charge >= 0.3 is 0 Å². The van der Waals surface area contributed by atoms with Gasteiger partial charge in [0, 0.05) is 22.8 Å². The predicted molar refractivity (Wildman–Crippen MR) is 109 cm³/mol. The van der Waals surface area contributed by atoms with E-state index in [0.29, 0.717) is 5.56 Å². The molecule has 2 aromatic carbocycles. The molecule has 0 saturated carbocycles. The lowest BCUT2D eigenvalue weighted by Crippen LogP contribution is -2.15. The summed E-state index contributed by atoms with van der Waals surface area (Å²) < 4.78 is 43.0. The molecule has 0 spiro atoms. The van der Waals surface area contributed by atoms with Gasteiger partial charge in [-0.15, -0.1) is 0 Å². The fraction of sp³-hybridized carbons (Fsp3) is 0.250. The molecular weight excluding hydrogens is 401 g/mol. The second-order valence-electron chi connectivity index (χ2n) is 7.48. The number of nitrogens with zero attached hydrogens (tertiary/aromatic N) is 2. The highest BCUT2D eigenvalue weighted by atomic mass is 35.5. The van der Waals surface area contributed by atoms with Crippen molar-refractivity contribution < 1.29 is 12.8 Å². The number of nitrogens with one attached hydrogen (secondary N) is 1. The minimum absolute atomic E-state index is 0.0670. The van der Waals surface area contributed by atoms with Crippen molar-refractivity contribution in [2.75, 3.05) is 4.72 Å². The summed E-state index contributed by atoms with van der Waals surface area (Å²) in [5.41, 5.74) is 1.26. The van der Waals surface area contributed by atoms with Crippen molar-refractivity contribution in [3.8, 4) is 0 Å². The average Bonchev–Trinajstić information content (AvgIpc) is 3.04. The number of benzene rings is 2. The number of hydrogen-bond acceptors (Lipinski definition) is 3. The number of halogens is 2. The smallest absolute Gasteiger partial charge is 0.263 e. The molecule has 8 heteroatoms. The Hall–Kier alpha value is -2.38. The molecule has 1 heterocycles. The Morgan fingerprint density at radius 1 is 1.11 bits per heavy atom. The lowest BCUT2D eigenvalue weighted by atomic mass is 9.87. The number of sulfonamides is 1. The van der Waals surface area contributed by atoms with Crippen molar-refractivity contribution in [2.45, 2.75) is 37.6 Å². The summed E-state index contributed by atoms with van der Waals surface area (Å²) in [7, 11) is -3.78. The van der Waals surface area contributed by atoms with E-state index in [1.54, 1.807) is 36.5 Å². The molecule has 1 aromatic heterocycles. The third-order valence-corrected chi connectivity index (χ3v) is 6.02. The number of anilines is 1. The Balaban J connectivity index is 1.77. The van der Waals surface area contributed by atoms with Crippen molar-refractivity contribution in [1.82, 2.24) is 9.78 Å². The fourth-order valence-corrected chi connectivity index (χ4v) is 3.90. The summed E-state index contributed by atoms with van der Waals surface area (Å²) in [4.78, 5) is 0.146. The van der Waals surface area contributed by atoms with Gasteiger partial charge in [0.25, 0.3) is 10.0 Å². The molecular formula is C20H21ClFN3O2S. The maximum atomic E-state index is 13.9. The van der Waals surface area contributed by atoms with E-state index in [-0.39, 0.29) is 27.7 Å². The highest BCUT2D eigenvalue weighted by molar-refractivity contribution is 7.92. The molecule has 0 aliphatic carbocycles. The lowest BCUT2D eigenvalue weighted by molar-refractivity contribution is 0.584. The van der Waals surface area contributed by atoms with Crippen molar-refractivity contribution in [3.63, 3.8) is 0 Å². The van der Waals surface area contributed by atoms with Gasteiger partial charge < -0.3 is 0 Å². The summed E-state index contributed by atoms with van der Waals surface area (Å²) in [6.45, 7) is 6.27. The molecule has 0 saturated heterocycles. The first kappa shape index (κ1) is 20.4. The van der Waals surface area contributed by atoms with Gasteiger partial charge in [0.1, 0.15) is 5.82 Å². The molecule has 5 nitrogen and oxygen atoms in total. The SMILES string of the molecule is CC(C)(C)c1ccc(S(=O)(=O)Nc2ccn(Cc3c(F)cccc3Cl)n2)cc1. The Bertz CT molecular complexity index is 1070. The molecule has 0 fully saturated rings. The molecule has 1 N–H and O–H groups in total. The van der Waals surface area contributed by atoms with Crippen LogP contribution in [-0.2, 0) is 22.0 Å². The first-order valence-corrected chi connectivity index (χ1v) is 10.5. The first-order chi connectivity index (χ1) is 13.1. The molecule has 0 aliphatic heterocycles. The third-order valence-electron chi connectivity index (χ3n) is 4.29. The van der Waals surface area contributed by atoms with Gasteiger partial charge in [-0.05, 0) is 35.2 Å². The van der Waals surface area contributed by atoms with Gasteiger partial charge in [-0.3, -0.25) is 9.40 Å². The van der Waals surface area contributed by atoms with Crippen molar-refractivity contribution in [2.24, 2.45) is 0 Å². The Labute approximate surface area is 169 Å². The summed E-state index contributed by atoms with van der Waals surface area (Å²) in [6.07, 6.45) is 1.56. The zero-order valence-corrected chi connectivity index (χ0v) is 17.4. The topological polar surface area (TPSA) is 64.0 Å². The van der Waals surface area contributed by atoms with Gasteiger partial charge in [0.05, 0.1) is 11.4 Å². The second kappa shape index (κ2) is 7.56. The van der Waals surface area contributed by atoms with Crippen LogP contribution in [0.3, 0.4) is 0 Å². The van der Waals surface area contributed by atoms with Crippen LogP contribution < -0.4 is 4.72 Å². The van der Waals surface area contributed by atoms with E-state index in [1.807, 2.05) is 0 Å². The number of hydrogen-bond donors (Lipinski definition) is 1. The second-order valence-corrected chi connectivity index (χ2v) is 9.57. The van der Waals surface area contributed by atoms with Gasteiger partial charge in [-0.2, -0.15) is 5.10 Å². The lowest BCUT2D eigenvalue weighted by Gasteiger charge is -2.19. The highest BCUT2D eigenvalue weighted by Crippen LogP contribution is 2.24. The summed E-state index contributed by atoms with van der Waals surface area (Å²) in [5.74, 6) is -0.295. The van der Waals surface area contributed by atoms with E-state index in [4.69, 9.17) is 11.6 Å². The fourth-order valence-electron chi connectivity index (χ4n) is 2.68. The van der Waals surface area contributed by atoms with E-state index in [1.165, 1.54) is 22.9 Å². The molecule has 0 bridgehead atoms. The quantitative estimate of drug-likeness (QED) is 0.642. The van der Waals surface area contributed by atoms with Gasteiger partial charge in [-0.1, -0.05) is 50.6 Å². The van der Waals surface area contributed by atoms with E-state index >= 15 is 0 Å². The average molecular weight is 422 g/mol. The minimum atomic E-state index is -3.78.